The third kappa shape index (κ3) is 2.98. The van der Waals surface area contributed by atoms with Gasteiger partial charge in [0.15, 0.2) is 0 Å². The first-order valence-corrected chi connectivity index (χ1v) is 6.68. The van der Waals surface area contributed by atoms with E-state index in [1.54, 1.807) is 0 Å². The summed E-state index contributed by atoms with van der Waals surface area (Å²) in [5, 5.41) is 1.11. The third-order valence-electron chi connectivity index (χ3n) is 3.27. The average molecular weight is 259 g/mol. The van der Waals surface area contributed by atoms with Gasteiger partial charge in [0.2, 0.25) is 0 Å². The zero-order valence-corrected chi connectivity index (χ0v) is 12.0. The smallest absolute Gasteiger partial charge is 0.310 e. The third-order valence-corrected chi connectivity index (χ3v) is 3.27. The average Bonchev–Trinajstić information content (AvgIpc) is 2.71. The summed E-state index contributed by atoms with van der Waals surface area (Å²) in [6.07, 6.45) is 2.22. The molecule has 0 spiro atoms. The van der Waals surface area contributed by atoms with E-state index in [9.17, 15) is 4.79 Å². The van der Waals surface area contributed by atoms with E-state index in [0.29, 0.717) is 13.0 Å². The lowest BCUT2D eigenvalue weighted by Gasteiger charge is -2.19. The van der Waals surface area contributed by atoms with Crippen LogP contribution in [-0.2, 0) is 21.4 Å². The Hall–Kier alpha value is -1.77. The molecule has 0 aliphatic carbocycles. The maximum Gasteiger partial charge on any atom is 0.310 e. The fraction of sp³-hybridized carbons (Fsp3) is 0.438. The number of esters is 1. The Balaban J connectivity index is 2.37. The Morgan fingerprint density at radius 3 is 2.68 bits per heavy atom. The highest BCUT2D eigenvalue weighted by atomic mass is 16.5. The Labute approximate surface area is 114 Å². The largest absolute Gasteiger partial charge is 0.466 e. The summed E-state index contributed by atoms with van der Waals surface area (Å²) < 4.78 is 5.01. The van der Waals surface area contributed by atoms with E-state index in [1.165, 1.54) is 5.56 Å². The first-order valence-electron chi connectivity index (χ1n) is 6.68. The van der Waals surface area contributed by atoms with Crippen molar-refractivity contribution in [1.29, 1.82) is 0 Å². The summed E-state index contributed by atoms with van der Waals surface area (Å²) in [4.78, 5) is 14.8. The summed E-state index contributed by atoms with van der Waals surface area (Å²) in [6.45, 7) is 8.81. The van der Waals surface area contributed by atoms with Gasteiger partial charge in [-0.2, -0.15) is 0 Å². The van der Waals surface area contributed by atoms with Crippen molar-refractivity contribution >= 4 is 16.9 Å². The van der Waals surface area contributed by atoms with Gasteiger partial charge >= 0.3 is 5.97 Å². The van der Waals surface area contributed by atoms with Gasteiger partial charge in [0.1, 0.15) is 0 Å². The minimum atomic E-state index is -0.176. The van der Waals surface area contributed by atoms with Crippen molar-refractivity contribution in [1.82, 2.24) is 4.98 Å². The second-order valence-electron chi connectivity index (χ2n) is 5.81. The Morgan fingerprint density at radius 1 is 1.32 bits per heavy atom. The molecule has 2 aromatic rings. The number of H-pyrrole nitrogens is 1. The summed E-state index contributed by atoms with van der Waals surface area (Å²) in [5.74, 6) is -0.176. The van der Waals surface area contributed by atoms with Gasteiger partial charge in [0.25, 0.3) is 0 Å². The second-order valence-corrected chi connectivity index (χ2v) is 5.81. The summed E-state index contributed by atoms with van der Waals surface area (Å²) in [6, 6.07) is 6.37. The van der Waals surface area contributed by atoms with Crippen molar-refractivity contribution < 1.29 is 9.53 Å². The molecule has 0 amide bonds. The van der Waals surface area contributed by atoms with Crippen LogP contribution in [-0.4, -0.2) is 17.6 Å². The van der Waals surface area contributed by atoms with Crippen molar-refractivity contribution in [3.8, 4) is 0 Å². The van der Waals surface area contributed by atoms with Crippen molar-refractivity contribution in [3.63, 3.8) is 0 Å². The molecule has 0 radical (unpaired) electrons. The lowest BCUT2D eigenvalue weighted by molar-refractivity contribution is -0.142. The van der Waals surface area contributed by atoms with Crippen LogP contribution < -0.4 is 0 Å². The number of aromatic nitrogens is 1. The topological polar surface area (TPSA) is 42.1 Å². The predicted octanol–water partition coefficient (Wildman–Crippen LogP) is 3.57. The molecule has 3 nitrogen and oxygen atoms in total. The van der Waals surface area contributed by atoms with E-state index in [2.05, 4.69) is 44.0 Å². The molecule has 0 aliphatic rings. The van der Waals surface area contributed by atoms with Crippen LogP contribution in [0.5, 0.6) is 0 Å². The molecule has 2 rings (SSSR count). The predicted molar refractivity (Wildman–Crippen MR) is 77.3 cm³/mol. The fourth-order valence-corrected chi connectivity index (χ4v) is 2.16. The zero-order valence-electron chi connectivity index (χ0n) is 12.0. The molecule has 0 unspecified atom stereocenters. The number of aromatic amines is 1. The molecule has 3 heteroatoms. The van der Waals surface area contributed by atoms with Crippen molar-refractivity contribution in [2.24, 2.45) is 0 Å². The van der Waals surface area contributed by atoms with E-state index in [1.807, 2.05) is 13.1 Å². The number of fused-ring (bicyclic) bond motifs is 1. The van der Waals surface area contributed by atoms with Crippen LogP contribution in [0.1, 0.15) is 38.8 Å². The molecule has 0 fully saturated rings. The molecule has 0 atom stereocenters. The molecule has 1 heterocycles. The van der Waals surface area contributed by atoms with Crippen LogP contribution in [0.2, 0.25) is 0 Å². The van der Waals surface area contributed by atoms with Crippen LogP contribution in [0.4, 0.5) is 0 Å². The Kier molecular flexibility index (Phi) is 3.65. The number of carbonyl (C=O) groups is 1. The molecule has 1 aromatic carbocycles. The minimum Gasteiger partial charge on any atom is -0.466 e. The molecule has 1 aromatic heterocycles. The fourth-order valence-electron chi connectivity index (χ4n) is 2.16. The SMILES string of the molecule is CCOC(=O)Cc1c[nH]c2ccc(C(C)(C)C)cc12. The van der Waals surface area contributed by atoms with Crippen LogP contribution in [0.15, 0.2) is 24.4 Å². The van der Waals surface area contributed by atoms with Crippen LogP contribution in [0.3, 0.4) is 0 Å². The molecule has 0 aliphatic heterocycles. The molecular weight excluding hydrogens is 238 g/mol. The highest BCUT2D eigenvalue weighted by Gasteiger charge is 2.16. The van der Waals surface area contributed by atoms with Crippen molar-refractivity contribution in [3.05, 3.63) is 35.5 Å². The van der Waals surface area contributed by atoms with Crippen LogP contribution >= 0.6 is 0 Å². The monoisotopic (exact) mass is 259 g/mol. The lowest BCUT2D eigenvalue weighted by atomic mass is 9.86. The molecule has 1 N–H and O–H groups in total. The summed E-state index contributed by atoms with van der Waals surface area (Å²) in [7, 11) is 0. The molecule has 0 bridgehead atoms. The Bertz CT molecular complexity index is 590. The molecule has 102 valence electrons. The van der Waals surface area contributed by atoms with E-state index >= 15 is 0 Å². The number of carbonyl (C=O) groups excluding carboxylic acids is 1. The van der Waals surface area contributed by atoms with Crippen molar-refractivity contribution in [2.45, 2.75) is 39.5 Å². The standard InChI is InChI=1S/C16H21NO2/c1-5-19-15(18)8-11-10-17-14-7-6-12(9-13(11)14)16(2,3)4/h6-7,9-10,17H,5,8H2,1-4H3. The second kappa shape index (κ2) is 5.08. The van der Waals surface area contributed by atoms with Crippen LogP contribution in [0, 0.1) is 0 Å². The summed E-state index contributed by atoms with van der Waals surface area (Å²) >= 11 is 0. The van der Waals surface area contributed by atoms with Crippen molar-refractivity contribution in [2.75, 3.05) is 6.61 Å². The van der Waals surface area contributed by atoms with E-state index in [4.69, 9.17) is 4.74 Å². The van der Waals surface area contributed by atoms with E-state index in [0.717, 1.165) is 16.5 Å². The number of hydrogen-bond acceptors (Lipinski definition) is 2. The van der Waals surface area contributed by atoms with Gasteiger partial charge in [0.05, 0.1) is 13.0 Å². The van der Waals surface area contributed by atoms with Gasteiger partial charge in [0, 0.05) is 17.1 Å². The number of nitrogens with one attached hydrogen (secondary N) is 1. The number of rotatable bonds is 3. The molecule has 19 heavy (non-hydrogen) atoms. The Morgan fingerprint density at radius 2 is 2.05 bits per heavy atom. The quantitative estimate of drug-likeness (QED) is 0.856. The normalized spacial score (nSPS) is 11.8. The molecule has 0 saturated carbocycles. The van der Waals surface area contributed by atoms with Gasteiger partial charge in [-0.1, -0.05) is 26.8 Å². The maximum atomic E-state index is 11.6. The number of hydrogen-bond donors (Lipinski definition) is 1. The highest BCUT2D eigenvalue weighted by molar-refractivity contribution is 5.88. The van der Waals surface area contributed by atoms with Gasteiger partial charge in [-0.15, -0.1) is 0 Å². The number of benzene rings is 1. The van der Waals surface area contributed by atoms with Crippen LogP contribution in [0.25, 0.3) is 10.9 Å². The lowest BCUT2D eigenvalue weighted by Crippen LogP contribution is -2.11. The zero-order chi connectivity index (χ0) is 14.0. The highest BCUT2D eigenvalue weighted by Crippen LogP contribution is 2.27. The number of ether oxygens (including phenoxy) is 1. The first kappa shape index (κ1) is 13.7. The van der Waals surface area contributed by atoms with Gasteiger partial charge in [-0.3, -0.25) is 4.79 Å². The van der Waals surface area contributed by atoms with Gasteiger partial charge in [-0.25, -0.2) is 0 Å². The summed E-state index contributed by atoms with van der Waals surface area (Å²) in [5.41, 5.74) is 3.43. The minimum absolute atomic E-state index is 0.104. The first-order chi connectivity index (χ1) is 8.91. The van der Waals surface area contributed by atoms with E-state index < -0.39 is 0 Å². The van der Waals surface area contributed by atoms with Gasteiger partial charge < -0.3 is 9.72 Å². The molecular formula is C16H21NO2. The maximum absolute atomic E-state index is 11.6. The van der Waals surface area contributed by atoms with E-state index in [-0.39, 0.29) is 11.4 Å². The van der Waals surface area contributed by atoms with Gasteiger partial charge in [-0.05, 0) is 35.6 Å². The molecule has 0 saturated heterocycles.